The van der Waals surface area contributed by atoms with Gasteiger partial charge in [-0.15, -0.1) is 0 Å². The van der Waals surface area contributed by atoms with Crippen LogP contribution in [0.1, 0.15) is 22.6 Å². The number of benzene rings is 7. The molecule has 0 spiro atoms. The van der Waals surface area contributed by atoms with Crippen LogP contribution in [0, 0.1) is 0 Å². The number of anilines is 6. The quantitative estimate of drug-likeness (QED) is 0.169. The summed E-state index contributed by atoms with van der Waals surface area (Å²) in [5, 5.41) is 5.69. The maximum Gasteiger partial charge on any atom is 0.180 e. The van der Waals surface area contributed by atoms with Crippen molar-refractivity contribution in [2.24, 2.45) is 0 Å². The second-order valence-electron chi connectivity index (χ2n) is 13.9. The zero-order valence-electron chi connectivity index (χ0n) is 28.8. The molecule has 53 heavy (non-hydrogen) atoms. The van der Waals surface area contributed by atoms with Gasteiger partial charge in [-0.25, -0.2) is 0 Å². The summed E-state index contributed by atoms with van der Waals surface area (Å²) < 4.78 is 0. The third-order valence-corrected chi connectivity index (χ3v) is 17.3. The lowest BCUT2D eigenvalue weighted by Gasteiger charge is -2.50. The van der Waals surface area contributed by atoms with E-state index in [9.17, 15) is 0 Å². The molecule has 0 N–H and O–H groups in total. The lowest BCUT2D eigenvalue weighted by atomic mass is 9.79. The van der Waals surface area contributed by atoms with Crippen LogP contribution in [0.15, 0.2) is 204 Å². The summed E-state index contributed by atoms with van der Waals surface area (Å²) in [4.78, 5) is 12.0. The standard InChI is InChI=1S/C48H33N3SSi/c1-4-16-33(17-5-1)50-40-25-13-14-26-42(40)52-48-41(50)32-44-46-45(37-22-10-12-24-39(37)51(47(46)48)34-28-30-49-31-29-34)38-23-11-15-27-43(38)53(44,35-18-6-2-7-19-35)36-20-8-3-9-21-36/h1-32,45H. The highest BCUT2D eigenvalue weighted by molar-refractivity contribution is 8.00. The van der Waals surface area contributed by atoms with Gasteiger partial charge in [-0.2, -0.15) is 0 Å². The fraction of sp³-hybridized carbons (Fsp3) is 0.0208. The van der Waals surface area contributed by atoms with Crippen molar-refractivity contribution in [3.8, 4) is 0 Å². The Hall–Kier alpha value is -6.14. The summed E-state index contributed by atoms with van der Waals surface area (Å²) in [6, 6.07) is 67.9. The fourth-order valence-electron chi connectivity index (χ4n) is 9.26. The van der Waals surface area contributed by atoms with Crippen LogP contribution in [0.3, 0.4) is 0 Å². The zero-order valence-corrected chi connectivity index (χ0v) is 30.6. The molecule has 0 saturated carbocycles. The highest BCUT2D eigenvalue weighted by Crippen LogP contribution is 2.61. The van der Waals surface area contributed by atoms with Crippen molar-refractivity contribution in [1.82, 2.24) is 4.98 Å². The summed E-state index contributed by atoms with van der Waals surface area (Å²) in [6.45, 7) is 0. The van der Waals surface area contributed by atoms with E-state index in [4.69, 9.17) is 0 Å². The monoisotopic (exact) mass is 711 g/mol. The molecule has 1 atom stereocenters. The van der Waals surface area contributed by atoms with Crippen molar-refractivity contribution in [1.29, 1.82) is 0 Å². The fourth-order valence-corrected chi connectivity index (χ4v) is 15.7. The first-order valence-corrected chi connectivity index (χ1v) is 21.0. The molecule has 0 bridgehead atoms. The molecule has 3 nitrogen and oxygen atoms in total. The molecule has 0 amide bonds. The molecule has 11 rings (SSSR count). The van der Waals surface area contributed by atoms with E-state index in [1.54, 1.807) is 0 Å². The molecule has 8 aromatic rings. The van der Waals surface area contributed by atoms with Gasteiger partial charge in [0.25, 0.3) is 0 Å². The number of hydrogen-bond donors (Lipinski definition) is 0. The number of nitrogens with zero attached hydrogens (tertiary/aromatic N) is 3. The van der Waals surface area contributed by atoms with E-state index >= 15 is 0 Å². The van der Waals surface area contributed by atoms with Crippen LogP contribution >= 0.6 is 11.8 Å². The van der Waals surface area contributed by atoms with Crippen molar-refractivity contribution in [3.63, 3.8) is 0 Å². The third kappa shape index (κ3) is 4.32. The number of hydrogen-bond acceptors (Lipinski definition) is 4. The predicted molar refractivity (Wildman–Crippen MR) is 222 cm³/mol. The first-order chi connectivity index (χ1) is 26.3. The van der Waals surface area contributed by atoms with Crippen LogP contribution in [-0.2, 0) is 0 Å². The number of rotatable bonds is 4. The summed E-state index contributed by atoms with van der Waals surface area (Å²) in [5.41, 5.74) is 11.3. The van der Waals surface area contributed by atoms with Crippen LogP contribution in [0.25, 0.3) is 0 Å². The van der Waals surface area contributed by atoms with E-state index in [1.165, 1.54) is 70.0 Å². The SMILES string of the molecule is c1ccc(N2c3ccccc3Sc3c2cc2c4c3N(c3ccncc3)c3ccccc3C4c3ccccc3[Si]2(c2ccccc2)c2ccccc2)cc1. The summed E-state index contributed by atoms with van der Waals surface area (Å²) in [6.07, 6.45) is 3.85. The largest absolute Gasteiger partial charge is 0.309 e. The molecular formula is C48H33N3SSi. The molecular weight excluding hydrogens is 679 g/mol. The molecule has 0 radical (unpaired) electrons. The van der Waals surface area contributed by atoms with Crippen molar-refractivity contribution >= 4 is 74.7 Å². The van der Waals surface area contributed by atoms with E-state index < -0.39 is 8.07 Å². The Morgan fingerprint density at radius 2 is 1.04 bits per heavy atom. The van der Waals surface area contributed by atoms with E-state index in [2.05, 4.69) is 197 Å². The number of fused-ring (bicyclic) bond motifs is 7. The second kappa shape index (κ2) is 12.0. The van der Waals surface area contributed by atoms with E-state index in [1.807, 2.05) is 24.2 Å². The van der Waals surface area contributed by atoms with Gasteiger partial charge in [0.2, 0.25) is 0 Å². The number of pyridine rings is 1. The predicted octanol–water partition coefficient (Wildman–Crippen LogP) is 9.67. The Balaban J connectivity index is 1.38. The summed E-state index contributed by atoms with van der Waals surface area (Å²) in [7, 11) is -2.94. The molecule has 5 heteroatoms. The van der Waals surface area contributed by atoms with Gasteiger partial charge in [0, 0.05) is 34.6 Å². The first kappa shape index (κ1) is 30.5. The Bertz CT molecular complexity index is 2630. The second-order valence-corrected chi connectivity index (χ2v) is 18.7. The van der Waals surface area contributed by atoms with Crippen molar-refractivity contribution in [2.45, 2.75) is 15.7 Å². The molecule has 0 saturated heterocycles. The van der Waals surface area contributed by atoms with Gasteiger partial charge in [-0.3, -0.25) is 4.98 Å². The molecule has 1 unspecified atom stereocenters. The van der Waals surface area contributed by atoms with Gasteiger partial charge >= 0.3 is 0 Å². The molecule has 7 aromatic carbocycles. The van der Waals surface area contributed by atoms with Crippen LogP contribution in [-0.4, -0.2) is 13.1 Å². The topological polar surface area (TPSA) is 19.4 Å². The van der Waals surface area contributed by atoms with Crippen molar-refractivity contribution in [3.05, 3.63) is 211 Å². The minimum Gasteiger partial charge on any atom is -0.309 e. The molecule has 1 aromatic heterocycles. The minimum atomic E-state index is -2.94. The van der Waals surface area contributed by atoms with Gasteiger partial charge in [-0.05, 0) is 86.0 Å². The van der Waals surface area contributed by atoms with Crippen LogP contribution < -0.4 is 30.5 Å². The van der Waals surface area contributed by atoms with E-state index in [0.29, 0.717) is 0 Å². The molecule has 250 valence electrons. The highest BCUT2D eigenvalue weighted by atomic mass is 32.2. The maximum atomic E-state index is 4.48. The summed E-state index contributed by atoms with van der Waals surface area (Å²) >= 11 is 1.90. The third-order valence-electron chi connectivity index (χ3n) is 11.3. The first-order valence-electron chi connectivity index (χ1n) is 18.2. The van der Waals surface area contributed by atoms with E-state index in [0.717, 1.165) is 11.4 Å². The Morgan fingerprint density at radius 1 is 0.472 bits per heavy atom. The zero-order chi connectivity index (χ0) is 34.9. The van der Waals surface area contributed by atoms with Gasteiger partial charge in [0.1, 0.15) is 0 Å². The minimum absolute atomic E-state index is 0.0618. The molecule has 4 heterocycles. The average Bonchev–Trinajstić information content (AvgIpc) is 3.24. The van der Waals surface area contributed by atoms with Crippen LogP contribution in [0.5, 0.6) is 0 Å². The maximum absolute atomic E-state index is 4.48. The molecule has 3 aliphatic heterocycles. The normalized spacial score (nSPS) is 15.7. The Labute approximate surface area is 314 Å². The lowest BCUT2D eigenvalue weighted by Crippen LogP contribution is -2.78. The van der Waals surface area contributed by atoms with Crippen molar-refractivity contribution < 1.29 is 0 Å². The highest BCUT2D eigenvalue weighted by Gasteiger charge is 2.53. The van der Waals surface area contributed by atoms with Crippen LogP contribution in [0.2, 0.25) is 0 Å². The van der Waals surface area contributed by atoms with Crippen molar-refractivity contribution in [2.75, 3.05) is 9.80 Å². The number of aromatic nitrogens is 1. The molecule has 3 aliphatic rings. The van der Waals surface area contributed by atoms with Gasteiger partial charge in [0.05, 0.1) is 27.6 Å². The Kier molecular flexibility index (Phi) is 6.87. The van der Waals surface area contributed by atoms with Gasteiger partial charge in [0.15, 0.2) is 8.07 Å². The average molecular weight is 712 g/mol. The lowest BCUT2D eigenvalue weighted by molar-refractivity contribution is 0.931. The van der Waals surface area contributed by atoms with Crippen LogP contribution in [0.4, 0.5) is 34.1 Å². The van der Waals surface area contributed by atoms with E-state index in [-0.39, 0.29) is 5.92 Å². The van der Waals surface area contributed by atoms with Gasteiger partial charge in [-0.1, -0.05) is 145 Å². The molecule has 0 aliphatic carbocycles. The van der Waals surface area contributed by atoms with Gasteiger partial charge < -0.3 is 9.80 Å². The summed E-state index contributed by atoms with van der Waals surface area (Å²) in [5.74, 6) is 0.0618. The molecule has 0 fully saturated rings. The number of para-hydroxylation sites is 3. The smallest absolute Gasteiger partial charge is 0.180 e. The Morgan fingerprint density at radius 3 is 1.75 bits per heavy atom.